The Hall–Kier alpha value is -0.670. The van der Waals surface area contributed by atoms with Gasteiger partial charge in [-0.2, -0.15) is 0 Å². The van der Waals surface area contributed by atoms with Crippen LogP contribution < -0.4 is 5.32 Å². The minimum absolute atomic E-state index is 0.143. The van der Waals surface area contributed by atoms with E-state index in [0.29, 0.717) is 19.0 Å². The average Bonchev–Trinajstić information content (AvgIpc) is 2.86. The van der Waals surface area contributed by atoms with Crippen LogP contribution in [0.2, 0.25) is 0 Å². The van der Waals surface area contributed by atoms with Crippen molar-refractivity contribution >= 4 is 5.78 Å². The summed E-state index contributed by atoms with van der Waals surface area (Å²) in [6.07, 6.45) is 5.58. The highest BCUT2D eigenvalue weighted by molar-refractivity contribution is 5.93. The van der Waals surface area contributed by atoms with E-state index in [-0.39, 0.29) is 12.4 Å². The molecule has 68 valence electrons. The molecule has 1 aliphatic carbocycles. The topological polar surface area (TPSA) is 49.3 Å². The molecule has 0 aromatic rings. The first-order chi connectivity index (χ1) is 5.84. The fourth-order valence-electron chi connectivity index (χ4n) is 0.943. The van der Waals surface area contributed by atoms with Crippen LogP contribution in [0, 0.1) is 5.92 Å². The van der Waals surface area contributed by atoms with Gasteiger partial charge in [-0.15, -0.1) is 0 Å². The molecule has 12 heavy (non-hydrogen) atoms. The number of carbonyl (C=O) groups excluding carboxylic acids is 1. The van der Waals surface area contributed by atoms with Gasteiger partial charge in [0.15, 0.2) is 5.78 Å². The molecule has 0 amide bonds. The zero-order valence-corrected chi connectivity index (χ0v) is 7.12. The van der Waals surface area contributed by atoms with Crippen LogP contribution in [0.5, 0.6) is 0 Å². The third-order valence-electron chi connectivity index (χ3n) is 1.81. The standard InChI is InChI=1S/C9H15NO2/c11-7-6-10-5-1-2-9(12)8-3-4-8/h1-2,8,10-11H,3-7H2/b2-1+. The number of hydrogen-bond acceptors (Lipinski definition) is 3. The fraction of sp³-hybridized carbons (Fsp3) is 0.667. The van der Waals surface area contributed by atoms with Crippen LogP contribution in [0.25, 0.3) is 0 Å². The Morgan fingerprint density at radius 3 is 2.92 bits per heavy atom. The van der Waals surface area contributed by atoms with Crippen molar-refractivity contribution < 1.29 is 9.90 Å². The molecule has 0 heterocycles. The number of rotatable bonds is 6. The molecule has 2 N–H and O–H groups in total. The average molecular weight is 169 g/mol. The lowest BCUT2D eigenvalue weighted by Crippen LogP contribution is -2.17. The molecule has 0 unspecified atom stereocenters. The van der Waals surface area contributed by atoms with Crippen molar-refractivity contribution in [1.82, 2.24) is 5.32 Å². The molecule has 1 fully saturated rings. The van der Waals surface area contributed by atoms with Gasteiger partial charge in [0.05, 0.1) is 6.61 Å². The summed E-state index contributed by atoms with van der Waals surface area (Å²) in [4.78, 5) is 11.1. The first-order valence-electron chi connectivity index (χ1n) is 4.36. The summed E-state index contributed by atoms with van der Waals surface area (Å²) in [5.74, 6) is 0.569. The molecule has 0 atom stereocenters. The second kappa shape index (κ2) is 5.06. The third-order valence-corrected chi connectivity index (χ3v) is 1.81. The summed E-state index contributed by atoms with van der Waals surface area (Å²) in [7, 11) is 0. The Kier molecular flexibility index (Phi) is 3.97. The SMILES string of the molecule is O=C(/C=C/CNCCO)C1CC1. The first-order valence-corrected chi connectivity index (χ1v) is 4.36. The van der Waals surface area contributed by atoms with E-state index in [1.54, 1.807) is 6.08 Å². The molecule has 0 spiro atoms. The van der Waals surface area contributed by atoms with Crippen molar-refractivity contribution in [2.75, 3.05) is 19.7 Å². The van der Waals surface area contributed by atoms with Crippen LogP contribution in [-0.2, 0) is 4.79 Å². The molecule has 0 aliphatic heterocycles. The number of hydrogen-bond donors (Lipinski definition) is 2. The minimum atomic E-state index is 0.143. The molecule has 0 saturated heterocycles. The Labute approximate surface area is 72.5 Å². The summed E-state index contributed by atoms with van der Waals surface area (Å²) in [5.41, 5.74) is 0. The molecule has 1 rings (SSSR count). The summed E-state index contributed by atoms with van der Waals surface area (Å²) < 4.78 is 0. The Morgan fingerprint density at radius 2 is 2.33 bits per heavy atom. The number of ketones is 1. The highest BCUT2D eigenvalue weighted by atomic mass is 16.3. The highest BCUT2D eigenvalue weighted by Gasteiger charge is 2.27. The highest BCUT2D eigenvalue weighted by Crippen LogP contribution is 2.29. The van der Waals surface area contributed by atoms with Crippen molar-refractivity contribution in [2.24, 2.45) is 5.92 Å². The normalized spacial score (nSPS) is 17.1. The maximum absolute atomic E-state index is 11.1. The van der Waals surface area contributed by atoms with Gasteiger partial charge in [-0.05, 0) is 18.9 Å². The van der Waals surface area contributed by atoms with Crippen molar-refractivity contribution in [3.63, 3.8) is 0 Å². The van der Waals surface area contributed by atoms with Gasteiger partial charge in [0.1, 0.15) is 0 Å². The number of aliphatic hydroxyl groups is 1. The lowest BCUT2D eigenvalue weighted by atomic mass is 10.2. The van der Waals surface area contributed by atoms with Crippen molar-refractivity contribution in [3.05, 3.63) is 12.2 Å². The van der Waals surface area contributed by atoms with Crippen LogP contribution in [0.3, 0.4) is 0 Å². The molecule has 0 bridgehead atoms. The second-order valence-corrected chi connectivity index (χ2v) is 3.01. The molecular weight excluding hydrogens is 154 g/mol. The molecule has 3 heteroatoms. The molecule has 0 aromatic carbocycles. The summed E-state index contributed by atoms with van der Waals surface area (Å²) in [6.45, 7) is 1.39. The van der Waals surface area contributed by atoms with E-state index < -0.39 is 0 Å². The van der Waals surface area contributed by atoms with E-state index in [1.807, 2.05) is 6.08 Å². The maximum Gasteiger partial charge on any atom is 0.158 e. The minimum Gasteiger partial charge on any atom is -0.395 e. The number of aliphatic hydroxyl groups excluding tert-OH is 1. The van der Waals surface area contributed by atoms with Crippen molar-refractivity contribution in [3.8, 4) is 0 Å². The van der Waals surface area contributed by atoms with Gasteiger partial charge in [0.2, 0.25) is 0 Å². The zero-order chi connectivity index (χ0) is 8.81. The van der Waals surface area contributed by atoms with E-state index in [1.165, 1.54) is 0 Å². The van der Waals surface area contributed by atoms with Gasteiger partial charge in [0, 0.05) is 19.0 Å². The van der Waals surface area contributed by atoms with E-state index in [4.69, 9.17) is 5.11 Å². The van der Waals surface area contributed by atoms with Gasteiger partial charge in [-0.25, -0.2) is 0 Å². The molecular formula is C9H15NO2. The van der Waals surface area contributed by atoms with Crippen LogP contribution in [-0.4, -0.2) is 30.6 Å². The molecule has 3 nitrogen and oxygen atoms in total. The quantitative estimate of drug-likeness (QED) is 0.438. The van der Waals surface area contributed by atoms with E-state index in [0.717, 1.165) is 12.8 Å². The number of carbonyl (C=O) groups is 1. The van der Waals surface area contributed by atoms with Gasteiger partial charge in [-0.1, -0.05) is 6.08 Å². The Balaban J connectivity index is 2.00. The largest absolute Gasteiger partial charge is 0.395 e. The van der Waals surface area contributed by atoms with Crippen molar-refractivity contribution in [1.29, 1.82) is 0 Å². The van der Waals surface area contributed by atoms with Crippen LogP contribution in [0.15, 0.2) is 12.2 Å². The van der Waals surface area contributed by atoms with Gasteiger partial charge < -0.3 is 10.4 Å². The van der Waals surface area contributed by atoms with Crippen LogP contribution >= 0.6 is 0 Å². The lowest BCUT2D eigenvalue weighted by Gasteiger charge is -1.95. The van der Waals surface area contributed by atoms with Crippen LogP contribution in [0.1, 0.15) is 12.8 Å². The third kappa shape index (κ3) is 3.64. The lowest BCUT2D eigenvalue weighted by molar-refractivity contribution is -0.115. The monoisotopic (exact) mass is 169 g/mol. The first kappa shape index (κ1) is 9.42. The van der Waals surface area contributed by atoms with Gasteiger partial charge in [-0.3, -0.25) is 4.79 Å². The zero-order valence-electron chi connectivity index (χ0n) is 7.12. The maximum atomic E-state index is 11.1. The number of allylic oxidation sites excluding steroid dienone is 1. The summed E-state index contributed by atoms with van der Waals surface area (Å²) in [5, 5.41) is 11.4. The van der Waals surface area contributed by atoms with Gasteiger partial charge in [0.25, 0.3) is 0 Å². The predicted octanol–water partition coefficient (Wildman–Crippen LogP) is 0.104. The molecule has 0 radical (unpaired) electrons. The second-order valence-electron chi connectivity index (χ2n) is 3.01. The summed E-state index contributed by atoms with van der Waals surface area (Å²) in [6, 6.07) is 0. The van der Waals surface area contributed by atoms with E-state index in [2.05, 4.69) is 5.32 Å². The smallest absolute Gasteiger partial charge is 0.158 e. The number of nitrogens with one attached hydrogen (secondary N) is 1. The molecule has 0 aromatic heterocycles. The fourth-order valence-corrected chi connectivity index (χ4v) is 0.943. The van der Waals surface area contributed by atoms with Crippen molar-refractivity contribution in [2.45, 2.75) is 12.8 Å². The predicted molar refractivity (Wildman–Crippen MR) is 46.8 cm³/mol. The van der Waals surface area contributed by atoms with E-state index in [9.17, 15) is 4.79 Å². The molecule has 1 aliphatic rings. The Morgan fingerprint density at radius 1 is 1.58 bits per heavy atom. The Bertz CT molecular complexity index is 173. The van der Waals surface area contributed by atoms with Crippen LogP contribution in [0.4, 0.5) is 0 Å². The summed E-state index contributed by atoms with van der Waals surface area (Å²) >= 11 is 0. The van der Waals surface area contributed by atoms with Gasteiger partial charge >= 0.3 is 0 Å². The van der Waals surface area contributed by atoms with E-state index >= 15 is 0 Å². The molecule has 1 saturated carbocycles.